The van der Waals surface area contributed by atoms with Crippen LogP contribution in [0.25, 0.3) is 0 Å². The molecule has 0 aliphatic carbocycles. The lowest BCUT2D eigenvalue weighted by molar-refractivity contribution is -0.132. The average Bonchev–Trinajstić information content (AvgIpc) is 3.28. The number of thiophene rings is 1. The number of carbonyl (C=O) groups excluding carboxylic acids is 1. The second kappa shape index (κ2) is 7.26. The van der Waals surface area contributed by atoms with Crippen molar-refractivity contribution in [2.24, 2.45) is 0 Å². The van der Waals surface area contributed by atoms with Crippen LogP contribution in [-0.4, -0.2) is 35.3 Å². The van der Waals surface area contributed by atoms with Gasteiger partial charge >= 0.3 is 0 Å². The van der Waals surface area contributed by atoms with Crippen LogP contribution in [-0.2, 0) is 17.8 Å². The van der Waals surface area contributed by atoms with E-state index >= 15 is 0 Å². The van der Waals surface area contributed by atoms with Gasteiger partial charge in [0.1, 0.15) is 5.82 Å². The van der Waals surface area contributed by atoms with E-state index in [9.17, 15) is 9.18 Å². The summed E-state index contributed by atoms with van der Waals surface area (Å²) in [5.74, 6) is 0.0575. The predicted molar refractivity (Wildman–Crippen MR) is 98.0 cm³/mol. The van der Waals surface area contributed by atoms with Gasteiger partial charge in [0.2, 0.25) is 5.91 Å². The number of benzene rings is 1. The zero-order valence-electron chi connectivity index (χ0n) is 14.3. The van der Waals surface area contributed by atoms with E-state index in [2.05, 4.69) is 16.3 Å². The van der Waals surface area contributed by atoms with Gasteiger partial charge in [-0.1, -0.05) is 12.1 Å². The highest BCUT2D eigenvalue weighted by Crippen LogP contribution is 2.32. The second-order valence-corrected chi connectivity index (χ2v) is 7.93. The molecule has 3 heterocycles. The van der Waals surface area contributed by atoms with E-state index in [0.717, 1.165) is 51.0 Å². The molecule has 25 heavy (non-hydrogen) atoms. The number of amides is 1. The Balaban J connectivity index is 1.35. The van der Waals surface area contributed by atoms with Gasteiger partial charge in [0, 0.05) is 37.0 Å². The van der Waals surface area contributed by atoms with Gasteiger partial charge in [0.15, 0.2) is 0 Å². The number of fused-ring (bicyclic) bond motifs is 1. The van der Waals surface area contributed by atoms with Crippen molar-refractivity contribution in [3.8, 4) is 0 Å². The molecule has 1 amide bonds. The fraction of sp³-hybridized carbons (Fsp3) is 0.450. The first-order chi connectivity index (χ1) is 12.2. The third-order valence-electron chi connectivity index (χ3n) is 5.37. The second-order valence-electron chi connectivity index (χ2n) is 6.93. The van der Waals surface area contributed by atoms with Crippen molar-refractivity contribution < 1.29 is 9.18 Å². The molecular formula is C20H23FN2OS. The Morgan fingerprint density at radius 3 is 3.08 bits per heavy atom. The Bertz CT molecular complexity index is 760. The Hall–Kier alpha value is -1.72. The normalized spacial score (nSPS) is 20.7. The number of nitrogens with zero attached hydrogens (tertiary/aromatic N) is 2. The topological polar surface area (TPSA) is 23.6 Å². The van der Waals surface area contributed by atoms with Crippen molar-refractivity contribution in [3.63, 3.8) is 0 Å². The van der Waals surface area contributed by atoms with Crippen LogP contribution >= 0.6 is 11.3 Å². The minimum Gasteiger partial charge on any atom is -0.338 e. The highest BCUT2D eigenvalue weighted by atomic mass is 32.1. The van der Waals surface area contributed by atoms with Crippen LogP contribution in [0.5, 0.6) is 0 Å². The first-order valence-electron chi connectivity index (χ1n) is 9.03. The van der Waals surface area contributed by atoms with Crippen LogP contribution in [0.3, 0.4) is 0 Å². The van der Waals surface area contributed by atoms with Crippen LogP contribution in [0, 0.1) is 5.82 Å². The van der Waals surface area contributed by atoms with E-state index in [1.165, 1.54) is 16.5 Å². The Morgan fingerprint density at radius 2 is 2.20 bits per heavy atom. The Kier molecular flexibility index (Phi) is 4.86. The molecule has 1 aromatic heterocycles. The van der Waals surface area contributed by atoms with Gasteiger partial charge in [0.05, 0.1) is 0 Å². The zero-order valence-corrected chi connectivity index (χ0v) is 15.1. The van der Waals surface area contributed by atoms with Gasteiger partial charge in [-0.3, -0.25) is 9.69 Å². The minimum absolute atomic E-state index is 0.180. The van der Waals surface area contributed by atoms with E-state index in [-0.39, 0.29) is 17.8 Å². The number of carbonyl (C=O) groups is 1. The summed E-state index contributed by atoms with van der Waals surface area (Å²) >= 11 is 1.80. The summed E-state index contributed by atoms with van der Waals surface area (Å²) in [6, 6.07) is 9.28. The maximum Gasteiger partial charge on any atom is 0.224 e. The van der Waals surface area contributed by atoms with Crippen molar-refractivity contribution in [2.75, 3.05) is 19.6 Å². The maximum atomic E-state index is 13.5. The SMILES string of the molecule is O=C(CCN1CCC[C@H]1c1cccc(F)c1)N1CCc2sccc2C1. The lowest BCUT2D eigenvalue weighted by Gasteiger charge is -2.29. The van der Waals surface area contributed by atoms with Crippen molar-refractivity contribution in [2.45, 2.75) is 38.3 Å². The summed E-state index contributed by atoms with van der Waals surface area (Å²) in [5, 5.41) is 2.12. The molecule has 3 nitrogen and oxygen atoms in total. The number of rotatable bonds is 4. The number of likely N-dealkylation sites (tertiary alicyclic amines) is 1. The minimum atomic E-state index is -0.180. The predicted octanol–water partition coefficient (Wildman–Crippen LogP) is 4.00. The smallest absolute Gasteiger partial charge is 0.224 e. The summed E-state index contributed by atoms with van der Waals surface area (Å²) in [7, 11) is 0. The van der Waals surface area contributed by atoms with Crippen LogP contribution in [0.4, 0.5) is 4.39 Å². The molecule has 1 fully saturated rings. The summed E-state index contributed by atoms with van der Waals surface area (Å²) in [6.07, 6.45) is 3.68. The summed E-state index contributed by atoms with van der Waals surface area (Å²) in [6.45, 7) is 3.33. The largest absolute Gasteiger partial charge is 0.338 e. The van der Waals surface area contributed by atoms with Gasteiger partial charge < -0.3 is 4.90 Å². The first kappa shape index (κ1) is 16.7. The van der Waals surface area contributed by atoms with Crippen LogP contribution in [0.1, 0.15) is 41.3 Å². The van der Waals surface area contributed by atoms with E-state index in [1.54, 1.807) is 23.5 Å². The van der Waals surface area contributed by atoms with Gasteiger partial charge in [-0.2, -0.15) is 0 Å². The molecule has 0 bridgehead atoms. The molecule has 0 saturated carbocycles. The summed E-state index contributed by atoms with van der Waals surface area (Å²) in [5.41, 5.74) is 2.34. The lowest BCUT2D eigenvalue weighted by atomic mass is 10.0. The molecule has 0 radical (unpaired) electrons. The lowest BCUT2D eigenvalue weighted by Crippen LogP contribution is -2.37. The monoisotopic (exact) mass is 358 g/mol. The number of hydrogen-bond acceptors (Lipinski definition) is 3. The zero-order chi connectivity index (χ0) is 17.2. The van der Waals surface area contributed by atoms with Gasteiger partial charge in [-0.05, 0) is 60.5 Å². The molecule has 0 N–H and O–H groups in total. The maximum absolute atomic E-state index is 13.5. The molecular weight excluding hydrogens is 335 g/mol. The standard InChI is InChI=1S/C20H23FN2OS/c21-17-4-1-3-15(13-17)18-5-2-9-22(18)11-7-20(24)23-10-6-19-16(14-23)8-12-25-19/h1,3-4,8,12-13,18H,2,5-7,9-11,14H2/t18-/m0/s1. The highest BCUT2D eigenvalue weighted by Gasteiger charge is 2.28. The molecule has 2 aliphatic rings. The molecule has 5 heteroatoms. The average molecular weight is 358 g/mol. The van der Waals surface area contributed by atoms with Gasteiger partial charge in [-0.15, -0.1) is 11.3 Å². The van der Waals surface area contributed by atoms with Crippen molar-refractivity contribution in [1.82, 2.24) is 9.80 Å². The third kappa shape index (κ3) is 3.62. The number of halogens is 1. The van der Waals surface area contributed by atoms with Gasteiger partial charge in [0.25, 0.3) is 0 Å². The fourth-order valence-electron chi connectivity index (χ4n) is 4.04. The molecule has 2 aromatic rings. The van der Waals surface area contributed by atoms with E-state index in [0.29, 0.717) is 6.42 Å². The molecule has 4 rings (SSSR count). The fourth-order valence-corrected chi connectivity index (χ4v) is 4.93. The number of hydrogen-bond donors (Lipinski definition) is 0. The Morgan fingerprint density at radius 1 is 1.28 bits per heavy atom. The van der Waals surface area contributed by atoms with Crippen LogP contribution in [0.2, 0.25) is 0 Å². The van der Waals surface area contributed by atoms with Crippen molar-refractivity contribution >= 4 is 17.2 Å². The summed E-state index contributed by atoms with van der Waals surface area (Å²) in [4.78, 5) is 18.4. The molecule has 1 atom stereocenters. The first-order valence-corrected chi connectivity index (χ1v) is 9.91. The molecule has 0 spiro atoms. The van der Waals surface area contributed by atoms with Crippen molar-refractivity contribution in [3.05, 3.63) is 57.5 Å². The third-order valence-corrected chi connectivity index (χ3v) is 6.39. The highest BCUT2D eigenvalue weighted by molar-refractivity contribution is 7.10. The van der Waals surface area contributed by atoms with E-state index in [1.807, 2.05) is 11.0 Å². The molecule has 132 valence electrons. The molecule has 2 aliphatic heterocycles. The van der Waals surface area contributed by atoms with E-state index < -0.39 is 0 Å². The van der Waals surface area contributed by atoms with Crippen LogP contribution in [0.15, 0.2) is 35.7 Å². The van der Waals surface area contributed by atoms with Crippen molar-refractivity contribution in [1.29, 1.82) is 0 Å². The summed E-state index contributed by atoms with van der Waals surface area (Å²) < 4.78 is 13.5. The van der Waals surface area contributed by atoms with Gasteiger partial charge in [-0.25, -0.2) is 4.39 Å². The Labute approximate surface area is 152 Å². The van der Waals surface area contributed by atoms with Crippen LogP contribution < -0.4 is 0 Å². The molecule has 0 unspecified atom stereocenters. The molecule has 1 aromatic carbocycles. The van der Waals surface area contributed by atoms with E-state index in [4.69, 9.17) is 0 Å². The molecule has 1 saturated heterocycles. The quantitative estimate of drug-likeness (QED) is 0.825.